The molecule has 24 heavy (non-hydrogen) atoms. The average molecular weight is 322 g/mol. The van der Waals surface area contributed by atoms with Crippen molar-refractivity contribution in [2.45, 2.75) is 32.2 Å². The molecule has 1 aliphatic rings. The maximum absolute atomic E-state index is 14.1. The quantitative estimate of drug-likeness (QED) is 0.745. The van der Waals surface area contributed by atoms with E-state index in [9.17, 15) is 4.39 Å². The number of hydrogen-bond acceptors (Lipinski definition) is 1. The van der Waals surface area contributed by atoms with Crippen molar-refractivity contribution in [1.82, 2.24) is 9.88 Å². The number of benzene rings is 2. The highest BCUT2D eigenvalue weighted by Gasteiger charge is 2.23. The summed E-state index contributed by atoms with van der Waals surface area (Å²) in [6.45, 7) is 4.94. The molecule has 1 saturated heterocycles. The maximum Gasteiger partial charge on any atom is 0.128 e. The molecule has 0 amide bonds. The first-order valence-electron chi connectivity index (χ1n) is 8.77. The summed E-state index contributed by atoms with van der Waals surface area (Å²) in [4.78, 5) is 0. The molecule has 1 N–H and O–H groups in total. The van der Waals surface area contributed by atoms with Crippen LogP contribution in [-0.4, -0.2) is 17.7 Å². The molecular weight excluding hydrogens is 299 g/mol. The molecular formula is C21H23FN2. The summed E-state index contributed by atoms with van der Waals surface area (Å²) in [6, 6.07) is 15.7. The normalized spacial score (nSPS) is 15.9. The topological polar surface area (TPSA) is 17.0 Å². The van der Waals surface area contributed by atoms with Crippen molar-refractivity contribution in [3.8, 4) is 0 Å². The minimum atomic E-state index is -0.127. The van der Waals surface area contributed by atoms with E-state index in [1.54, 1.807) is 12.1 Å². The molecule has 1 aromatic heterocycles. The number of nitrogens with zero attached hydrogens (tertiary/aromatic N) is 1. The second-order valence-corrected chi connectivity index (χ2v) is 6.72. The fourth-order valence-corrected chi connectivity index (χ4v) is 4.08. The summed E-state index contributed by atoms with van der Waals surface area (Å²) in [5, 5.41) is 4.78. The van der Waals surface area contributed by atoms with Crippen LogP contribution in [0.25, 0.3) is 10.9 Å². The lowest BCUT2D eigenvalue weighted by Crippen LogP contribution is -2.26. The summed E-state index contributed by atoms with van der Waals surface area (Å²) >= 11 is 0. The molecule has 0 radical (unpaired) electrons. The van der Waals surface area contributed by atoms with Gasteiger partial charge in [0.2, 0.25) is 0 Å². The maximum atomic E-state index is 14.1. The number of para-hydroxylation sites is 1. The van der Waals surface area contributed by atoms with Gasteiger partial charge in [-0.1, -0.05) is 36.4 Å². The molecule has 124 valence electrons. The van der Waals surface area contributed by atoms with Crippen molar-refractivity contribution in [3.63, 3.8) is 0 Å². The lowest BCUT2D eigenvalue weighted by atomic mass is 9.88. The number of piperidine rings is 1. The minimum absolute atomic E-state index is 0.127. The van der Waals surface area contributed by atoms with E-state index in [4.69, 9.17) is 0 Å². The van der Waals surface area contributed by atoms with Gasteiger partial charge in [0.05, 0.1) is 6.54 Å². The van der Waals surface area contributed by atoms with E-state index in [0.29, 0.717) is 12.5 Å². The molecule has 3 heteroatoms. The zero-order valence-electron chi connectivity index (χ0n) is 14.1. The highest BCUT2D eigenvalue weighted by Crippen LogP contribution is 2.36. The number of rotatable bonds is 3. The van der Waals surface area contributed by atoms with Crippen molar-refractivity contribution >= 4 is 10.9 Å². The smallest absolute Gasteiger partial charge is 0.128 e. The first-order chi connectivity index (χ1) is 11.8. The monoisotopic (exact) mass is 322 g/mol. The third-order valence-corrected chi connectivity index (χ3v) is 5.31. The van der Waals surface area contributed by atoms with Crippen LogP contribution in [0, 0.1) is 12.7 Å². The van der Waals surface area contributed by atoms with E-state index in [2.05, 4.69) is 41.1 Å². The van der Waals surface area contributed by atoms with Gasteiger partial charge in [0.1, 0.15) is 5.82 Å². The Kier molecular flexibility index (Phi) is 4.11. The van der Waals surface area contributed by atoms with Crippen molar-refractivity contribution in [3.05, 3.63) is 71.2 Å². The predicted octanol–water partition coefficient (Wildman–Crippen LogP) is 4.60. The first kappa shape index (κ1) is 15.4. The van der Waals surface area contributed by atoms with Crippen LogP contribution in [0.2, 0.25) is 0 Å². The molecule has 0 aliphatic carbocycles. The Morgan fingerprint density at radius 2 is 1.75 bits per heavy atom. The van der Waals surface area contributed by atoms with Gasteiger partial charge in [0.15, 0.2) is 0 Å². The second-order valence-electron chi connectivity index (χ2n) is 6.72. The summed E-state index contributed by atoms with van der Waals surface area (Å²) in [6.07, 6.45) is 2.35. The Hall–Kier alpha value is -2.13. The van der Waals surface area contributed by atoms with E-state index >= 15 is 0 Å². The van der Waals surface area contributed by atoms with Crippen molar-refractivity contribution in [2.24, 2.45) is 0 Å². The molecule has 0 saturated carbocycles. The first-order valence-corrected chi connectivity index (χ1v) is 8.77. The summed E-state index contributed by atoms with van der Waals surface area (Å²) in [5.41, 5.74) is 4.71. The highest BCUT2D eigenvalue weighted by atomic mass is 19.1. The molecule has 2 aromatic carbocycles. The van der Waals surface area contributed by atoms with Crippen molar-refractivity contribution in [1.29, 1.82) is 0 Å². The summed E-state index contributed by atoms with van der Waals surface area (Å²) in [7, 11) is 0. The molecule has 2 nitrogen and oxygen atoms in total. The van der Waals surface area contributed by atoms with Crippen LogP contribution in [-0.2, 0) is 6.54 Å². The number of halogens is 1. The molecule has 3 aromatic rings. The molecule has 4 rings (SSSR count). The van der Waals surface area contributed by atoms with Gasteiger partial charge in [0, 0.05) is 22.2 Å². The van der Waals surface area contributed by atoms with E-state index in [-0.39, 0.29) is 5.82 Å². The minimum Gasteiger partial charge on any atom is -0.340 e. The lowest BCUT2D eigenvalue weighted by Gasteiger charge is -2.23. The van der Waals surface area contributed by atoms with E-state index in [0.717, 1.165) is 18.7 Å². The van der Waals surface area contributed by atoms with Gasteiger partial charge in [-0.3, -0.25) is 0 Å². The lowest BCUT2D eigenvalue weighted by molar-refractivity contribution is 0.460. The van der Waals surface area contributed by atoms with Gasteiger partial charge < -0.3 is 9.88 Å². The SMILES string of the molecule is Cc1c(C2CCNCC2)c2ccccc2n1Cc1ccccc1F. The average Bonchev–Trinajstić information content (AvgIpc) is 2.90. The molecule has 1 fully saturated rings. The van der Waals surface area contributed by atoms with Crippen molar-refractivity contribution < 1.29 is 4.39 Å². The van der Waals surface area contributed by atoms with Gasteiger partial charge in [-0.2, -0.15) is 0 Å². The van der Waals surface area contributed by atoms with Gasteiger partial charge in [-0.25, -0.2) is 4.39 Å². The molecule has 2 heterocycles. The highest BCUT2D eigenvalue weighted by molar-refractivity contribution is 5.86. The summed E-state index contributed by atoms with van der Waals surface area (Å²) in [5.74, 6) is 0.469. The van der Waals surface area contributed by atoms with Gasteiger partial charge in [0.25, 0.3) is 0 Å². The number of nitrogens with one attached hydrogen (secondary N) is 1. The van der Waals surface area contributed by atoms with Crippen LogP contribution in [0.15, 0.2) is 48.5 Å². The van der Waals surface area contributed by atoms with Crippen LogP contribution in [0.1, 0.15) is 35.6 Å². The zero-order valence-corrected chi connectivity index (χ0v) is 14.1. The fraction of sp³-hybridized carbons (Fsp3) is 0.333. The molecule has 0 spiro atoms. The van der Waals surface area contributed by atoms with Gasteiger partial charge in [-0.15, -0.1) is 0 Å². The second kappa shape index (κ2) is 6.40. The number of hydrogen-bond donors (Lipinski definition) is 1. The third kappa shape index (κ3) is 2.63. The Morgan fingerprint density at radius 1 is 1.04 bits per heavy atom. The number of aromatic nitrogens is 1. The van der Waals surface area contributed by atoms with Crippen LogP contribution >= 0.6 is 0 Å². The largest absolute Gasteiger partial charge is 0.340 e. The Bertz CT molecular complexity index is 859. The van der Waals surface area contributed by atoms with Crippen LogP contribution in [0.5, 0.6) is 0 Å². The predicted molar refractivity (Wildman–Crippen MR) is 97.0 cm³/mol. The number of fused-ring (bicyclic) bond motifs is 1. The Morgan fingerprint density at radius 3 is 2.54 bits per heavy atom. The van der Waals surface area contributed by atoms with E-state index < -0.39 is 0 Å². The zero-order chi connectivity index (χ0) is 16.5. The molecule has 1 aliphatic heterocycles. The fourth-order valence-electron chi connectivity index (χ4n) is 4.08. The molecule has 0 atom stereocenters. The van der Waals surface area contributed by atoms with Crippen LogP contribution in [0.4, 0.5) is 4.39 Å². The van der Waals surface area contributed by atoms with Crippen LogP contribution in [0.3, 0.4) is 0 Å². The van der Waals surface area contributed by atoms with Crippen molar-refractivity contribution in [2.75, 3.05) is 13.1 Å². The van der Waals surface area contributed by atoms with Gasteiger partial charge in [-0.05, 0) is 56.5 Å². The summed E-state index contributed by atoms with van der Waals surface area (Å²) < 4.78 is 16.4. The third-order valence-electron chi connectivity index (χ3n) is 5.31. The van der Waals surface area contributed by atoms with Gasteiger partial charge >= 0.3 is 0 Å². The molecule has 0 bridgehead atoms. The molecule has 0 unspecified atom stereocenters. The Labute approximate surface area is 142 Å². The van der Waals surface area contributed by atoms with E-state index in [1.807, 2.05) is 12.1 Å². The Balaban J connectivity index is 1.83. The van der Waals surface area contributed by atoms with E-state index in [1.165, 1.54) is 35.0 Å². The van der Waals surface area contributed by atoms with Crippen LogP contribution < -0.4 is 5.32 Å². The standard InChI is InChI=1S/C21H23FN2/c1-15-21(16-10-12-23-13-11-16)18-7-3-5-9-20(18)24(15)14-17-6-2-4-8-19(17)22/h2-9,16,23H,10-14H2,1H3.